The number of aliphatic hydroxyl groups is 3. The van der Waals surface area contributed by atoms with Crippen LogP contribution in [-0.2, 0) is 25.5 Å². The molecule has 1 saturated carbocycles. The maximum atomic E-state index is 13.7. The highest BCUT2D eigenvalue weighted by Gasteiger charge is 2.64. The van der Waals surface area contributed by atoms with Crippen molar-refractivity contribution in [2.24, 2.45) is 17.6 Å². The van der Waals surface area contributed by atoms with Crippen LogP contribution in [0.1, 0.15) is 57.1 Å². The number of amides is 1. The molecule has 42 heavy (non-hydrogen) atoms. The van der Waals surface area contributed by atoms with Gasteiger partial charge in [-0.1, -0.05) is 26.7 Å². The van der Waals surface area contributed by atoms with Gasteiger partial charge >= 0.3 is 0 Å². The summed E-state index contributed by atoms with van der Waals surface area (Å²) in [6.45, 7) is 6.28. The summed E-state index contributed by atoms with van der Waals surface area (Å²) in [7, 11) is 6.75. The first kappa shape index (κ1) is 33.1. The molecule has 1 fully saturated rings. The zero-order chi connectivity index (χ0) is 31.5. The highest BCUT2D eigenvalue weighted by atomic mass is 16.5. The molecule has 0 radical (unpaired) electrons. The van der Waals surface area contributed by atoms with Crippen molar-refractivity contribution in [3.05, 3.63) is 40.2 Å². The number of nitrogens with zero attached hydrogens (tertiary/aromatic N) is 2. The van der Waals surface area contributed by atoms with Crippen molar-refractivity contribution in [1.82, 2.24) is 4.90 Å². The first-order valence-corrected chi connectivity index (χ1v) is 14.5. The molecule has 11 nitrogen and oxygen atoms in total. The van der Waals surface area contributed by atoms with E-state index in [0.29, 0.717) is 5.56 Å². The Balaban J connectivity index is 0.000000467. The van der Waals surface area contributed by atoms with E-state index in [1.807, 2.05) is 19.0 Å². The second-order valence-electron chi connectivity index (χ2n) is 11.6. The Morgan fingerprint density at radius 2 is 1.64 bits per heavy atom. The lowest BCUT2D eigenvalue weighted by atomic mass is 9.57. The first-order chi connectivity index (χ1) is 19.7. The van der Waals surface area contributed by atoms with E-state index >= 15 is 0 Å². The smallest absolute Gasteiger partial charge is 0.255 e. The molecule has 11 heteroatoms. The van der Waals surface area contributed by atoms with E-state index in [1.54, 1.807) is 20.2 Å². The van der Waals surface area contributed by atoms with Crippen LogP contribution < -0.4 is 10.6 Å². The number of hydrogen-bond acceptors (Lipinski definition) is 10. The van der Waals surface area contributed by atoms with Gasteiger partial charge in [-0.2, -0.15) is 0 Å². The number of hydrogen-bond donors (Lipinski definition) is 5. The van der Waals surface area contributed by atoms with Gasteiger partial charge in [0.1, 0.15) is 22.8 Å². The Kier molecular flexibility index (Phi) is 10.5. The van der Waals surface area contributed by atoms with Gasteiger partial charge < -0.3 is 35.8 Å². The molecular formula is C31H45N3O8. The number of Topliss-reactive ketones (excluding diaryl/α,β-unsaturated/α-hetero) is 2. The molecule has 0 spiro atoms. The third-order valence-electron chi connectivity index (χ3n) is 8.35. The fourth-order valence-corrected chi connectivity index (χ4v) is 6.24. The quantitative estimate of drug-likeness (QED) is 0.213. The average molecular weight is 588 g/mol. The maximum Gasteiger partial charge on any atom is 0.255 e. The van der Waals surface area contributed by atoms with E-state index in [1.165, 1.54) is 36.6 Å². The summed E-state index contributed by atoms with van der Waals surface area (Å²) < 4.78 is 5.31. The number of fused-ring (bicyclic) bond motifs is 3. The lowest BCUT2D eigenvalue weighted by Gasteiger charge is -2.50. The van der Waals surface area contributed by atoms with Gasteiger partial charge in [0.15, 0.2) is 11.4 Å². The van der Waals surface area contributed by atoms with E-state index in [4.69, 9.17) is 10.5 Å². The number of nitrogens with two attached hydrogens (primary N) is 1. The molecule has 3 aliphatic carbocycles. The van der Waals surface area contributed by atoms with Crippen molar-refractivity contribution in [3.8, 4) is 5.75 Å². The summed E-state index contributed by atoms with van der Waals surface area (Å²) >= 11 is 0. The van der Waals surface area contributed by atoms with Gasteiger partial charge in [0.2, 0.25) is 5.78 Å². The van der Waals surface area contributed by atoms with Crippen LogP contribution in [0.4, 0.5) is 5.69 Å². The van der Waals surface area contributed by atoms with Crippen LogP contribution in [0.15, 0.2) is 29.0 Å². The van der Waals surface area contributed by atoms with Gasteiger partial charge in [-0.3, -0.25) is 19.3 Å². The lowest BCUT2D eigenvalue weighted by Crippen LogP contribution is -2.65. The van der Waals surface area contributed by atoms with Gasteiger partial charge in [-0.25, -0.2) is 0 Å². The minimum atomic E-state index is -2.63. The predicted molar refractivity (Wildman–Crippen MR) is 159 cm³/mol. The zero-order valence-corrected chi connectivity index (χ0v) is 25.4. The monoisotopic (exact) mass is 587 g/mol. The molecule has 1 aromatic carbocycles. The van der Waals surface area contributed by atoms with Gasteiger partial charge in [-0.15, -0.1) is 0 Å². The Morgan fingerprint density at radius 1 is 1.05 bits per heavy atom. The summed E-state index contributed by atoms with van der Waals surface area (Å²) in [5, 5.41) is 43.9. The molecule has 0 bridgehead atoms. The van der Waals surface area contributed by atoms with Crippen molar-refractivity contribution in [2.45, 2.75) is 64.0 Å². The number of carbonyl (C=O) groups is 3. The zero-order valence-electron chi connectivity index (χ0n) is 25.4. The number of aromatic hydroxyl groups is 1. The number of phenolic OH excluding ortho intramolecular Hbond substituents is 1. The normalized spacial score (nSPS) is 25.0. The Bertz CT molecular complexity index is 1280. The number of unbranched alkanes of at least 4 members (excludes halogenated alkanes) is 2. The van der Waals surface area contributed by atoms with E-state index in [9.17, 15) is 34.8 Å². The van der Waals surface area contributed by atoms with Crippen LogP contribution in [-0.4, -0.2) is 95.8 Å². The van der Waals surface area contributed by atoms with Gasteiger partial charge in [0.25, 0.3) is 5.91 Å². The second kappa shape index (κ2) is 13.3. The highest BCUT2D eigenvalue weighted by Crippen LogP contribution is 2.53. The van der Waals surface area contributed by atoms with Crippen molar-refractivity contribution in [2.75, 3.05) is 46.3 Å². The van der Waals surface area contributed by atoms with Crippen molar-refractivity contribution in [1.29, 1.82) is 0 Å². The highest BCUT2D eigenvalue weighted by molar-refractivity contribution is 6.24. The van der Waals surface area contributed by atoms with E-state index in [-0.39, 0.29) is 29.7 Å². The van der Waals surface area contributed by atoms with Crippen LogP contribution in [0.3, 0.4) is 0 Å². The summed E-state index contributed by atoms with van der Waals surface area (Å²) in [5.41, 5.74) is 3.15. The largest absolute Gasteiger partial charge is 0.508 e. The topological polar surface area (TPSA) is 174 Å². The number of ketones is 2. The molecule has 0 aromatic heterocycles. The third-order valence-corrected chi connectivity index (χ3v) is 8.35. The lowest BCUT2D eigenvalue weighted by molar-refractivity contribution is -0.153. The minimum absolute atomic E-state index is 0.0638. The van der Waals surface area contributed by atoms with E-state index in [2.05, 4.69) is 13.8 Å². The molecule has 4 atom stereocenters. The number of rotatable bonds is 9. The number of carbonyl (C=O) groups excluding carboxylic acids is 3. The van der Waals surface area contributed by atoms with Crippen LogP contribution in [0.2, 0.25) is 0 Å². The standard InChI is InChI=1S/C23H27N3O7.C8H18O/c1-25(2)12-5-6-13(27)15-10(12)7-9-8-11-17(26(3)4)19(29)16(22(24)32)21(31)23(11,33)20(30)14(9)18(15)28;1-3-5-7-9-8-6-4-2/h5-6,9,11,17,27-28,31,33H,7-8H2,1-4H3,(H2,24,32);3-8H2,1-2H3/t9-,11-,17-,23-;/m0./s1. The van der Waals surface area contributed by atoms with Crippen LogP contribution >= 0.6 is 0 Å². The fraction of sp³-hybridized carbons (Fsp3) is 0.581. The number of aliphatic hydroxyl groups excluding tert-OH is 2. The third kappa shape index (κ3) is 5.77. The van der Waals surface area contributed by atoms with Crippen LogP contribution in [0.5, 0.6) is 5.75 Å². The van der Waals surface area contributed by atoms with Crippen molar-refractivity contribution in [3.63, 3.8) is 0 Å². The van der Waals surface area contributed by atoms with Crippen LogP contribution in [0, 0.1) is 11.8 Å². The molecule has 4 rings (SSSR count). The Hall–Kier alpha value is -3.41. The fourth-order valence-electron chi connectivity index (χ4n) is 6.24. The van der Waals surface area contributed by atoms with E-state index < -0.39 is 58.0 Å². The SMILES string of the molecule is CCCCOCCCC.CN(C)c1ccc(O)c2c1C[C@H]1C[C@H]3[C@H](N(C)C)C(=O)C(C(N)=O)=C(O)[C@@]3(O)C(=O)C1=C2O. The molecule has 1 amide bonds. The number of ether oxygens (including phenoxy) is 1. The Labute approximate surface area is 247 Å². The molecule has 0 heterocycles. The maximum absolute atomic E-state index is 13.7. The molecule has 0 unspecified atom stereocenters. The molecule has 232 valence electrons. The number of likely N-dealkylation sites (N-methyl/N-ethyl adjacent to an activating group) is 1. The molecule has 3 aliphatic rings. The van der Waals surface area contributed by atoms with Crippen LogP contribution in [0.25, 0.3) is 5.76 Å². The molecule has 0 aliphatic heterocycles. The molecule has 1 aromatic rings. The molecular weight excluding hydrogens is 542 g/mol. The van der Waals surface area contributed by atoms with Gasteiger partial charge in [0.05, 0.1) is 11.6 Å². The number of phenols is 1. The van der Waals surface area contributed by atoms with Gasteiger partial charge in [-0.05, 0) is 63.4 Å². The van der Waals surface area contributed by atoms with Crippen molar-refractivity contribution >= 4 is 28.9 Å². The van der Waals surface area contributed by atoms with Gasteiger partial charge in [0, 0.05) is 44.5 Å². The summed E-state index contributed by atoms with van der Waals surface area (Å²) in [6, 6.07) is 2.01. The number of anilines is 1. The Morgan fingerprint density at radius 3 is 2.14 bits per heavy atom. The summed E-state index contributed by atoms with van der Waals surface area (Å²) in [5.74, 6) is -6.54. The predicted octanol–water partition coefficient (Wildman–Crippen LogP) is 2.63. The van der Waals surface area contributed by atoms with E-state index in [0.717, 1.165) is 18.9 Å². The number of primary amides is 1. The minimum Gasteiger partial charge on any atom is -0.508 e. The molecule has 0 saturated heterocycles. The average Bonchev–Trinajstić information content (AvgIpc) is 2.90. The second-order valence-corrected chi connectivity index (χ2v) is 11.6. The molecule has 6 N–H and O–H groups in total. The first-order valence-electron chi connectivity index (χ1n) is 14.5. The van der Waals surface area contributed by atoms with Crippen molar-refractivity contribution < 1.29 is 39.5 Å². The number of benzene rings is 1. The summed E-state index contributed by atoms with van der Waals surface area (Å²) in [6.07, 6.45) is 5.23. The summed E-state index contributed by atoms with van der Waals surface area (Å²) in [4.78, 5) is 42.0.